The molecule has 0 aromatic heterocycles. The van der Waals surface area contributed by atoms with Crippen LogP contribution in [0.25, 0.3) is 0 Å². The monoisotopic (exact) mass is 463 g/mol. The highest BCUT2D eigenvalue weighted by molar-refractivity contribution is 6.06. The van der Waals surface area contributed by atoms with Gasteiger partial charge >= 0.3 is 11.9 Å². The van der Waals surface area contributed by atoms with E-state index in [1.807, 2.05) is 0 Å². The summed E-state index contributed by atoms with van der Waals surface area (Å²) in [5.41, 5.74) is 7.83. The first-order valence-corrected chi connectivity index (χ1v) is 10.2. The highest BCUT2D eigenvalue weighted by atomic mass is 16.7. The third kappa shape index (κ3) is 4.24. The van der Waals surface area contributed by atoms with Crippen molar-refractivity contribution in [3.05, 3.63) is 88.4 Å². The summed E-state index contributed by atoms with van der Waals surface area (Å²) < 4.78 is 20.9. The van der Waals surface area contributed by atoms with E-state index in [0.717, 1.165) is 0 Å². The molecule has 1 unspecified atom stereocenters. The van der Waals surface area contributed by atoms with Gasteiger partial charge in [0.1, 0.15) is 11.5 Å². The highest BCUT2D eigenvalue weighted by Gasteiger charge is 2.43. The molecule has 2 aromatic carbocycles. The Kier molecular flexibility index (Phi) is 7.68. The van der Waals surface area contributed by atoms with Gasteiger partial charge < -0.3 is 24.7 Å². The van der Waals surface area contributed by atoms with E-state index < -0.39 is 24.1 Å². The molecule has 0 aliphatic carbocycles. The third-order valence-corrected chi connectivity index (χ3v) is 5.47. The Morgan fingerprint density at radius 3 is 2.09 bits per heavy atom. The van der Waals surface area contributed by atoms with Crippen molar-refractivity contribution >= 4 is 17.6 Å². The van der Waals surface area contributed by atoms with Gasteiger partial charge in [0.2, 0.25) is 0 Å². The smallest absolute Gasteiger partial charge is 0.355 e. The zero-order valence-corrected chi connectivity index (χ0v) is 19.3. The molecule has 1 heterocycles. The van der Waals surface area contributed by atoms with Gasteiger partial charge in [-0.25, -0.2) is 9.59 Å². The first-order valence-electron chi connectivity index (χ1n) is 10.2. The largest absolute Gasteiger partial charge is 0.466 e. The first kappa shape index (κ1) is 24.5. The molecular weight excluding hydrogens is 438 g/mol. The number of ether oxygens (including phenoxy) is 4. The molecule has 0 bridgehead atoms. The number of anilines is 1. The SMILES string of the molecule is COC(=O)C1=C(C(=O)OC)N(c2ccccc2C(OC)OC)C(N)=C(C#N)C1c1ccccc1. The Morgan fingerprint density at radius 1 is 0.941 bits per heavy atom. The number of nitrogens with zero attached hydrogens (tertiary/aromatic N) is 2. The zero-order chi connectivity index (χ0) is 24.8. The van der Waals surface area contributed by atoms with E-state index in [1.54, 1.807) is 54.6 Å². The maximum atomic E-state index is 13.2. The number of hydrogen-bond acceptors (Lipinski definition) is 9. The first-order chi connectivity index (χ1) is 16.4. The number of carbonyl (C=O) groups excluding carboxylic acids is 2. The minimum absolute atomic E-state index is 0.0391. The Labute approximate surface area is 197 Å². The molecule has 0 spiro atoms. The molecule has 9 heteroatoms. The van der Waals surface area contributed by atoms with E-state index in [0.29, 0.717) is 16.8 Å². The Balaban J connectivity index is 2.44. The second kappa shape index (κ2) is 10.7. The average molecular weight is 463 g/mol. The van der Waals surface area contributed by atoms with Gasteiger partial charge in [-0.05, 0) is 11.6 Å². The summed E-state index contributed by atoms with van der Waals surface area (Å²) in [6.07, 6.45) is -0.818. The van der Waals surface area contributed by atoms with Crippen molar-refractivity contribution in [1.82, 2.24) is 0 Å². The van der Waals surface area contributed by atoms with Gasteiger partial charge in [-0.15, -0.1) is 0 Å². The molecule has 9 nitrogen and oxygen atoms in total. The number of rotatable bonds is 7. The molecule has 2 N–H and O–H groups in total. The van der Waals surface area contributed by atoms with Gasteiger partial charge in [0.25, 0.3) is 0 Å². The number of hydrogen-bond donors (Lipinski definition) is 1. The third-order valence-electron chi connectivity index (χ3n) is 5.47. The minimum Gasteiger partial charge on any atom is -0.466 e. The predicted octanol–water partition coefficient (Wildman–Crippen LogP) is 2.88. The van der Waals surface area contributed by atoms with Gasteiger partial charge in [0.05, 0.1) is 43.0 Å². The fourth-order valence-corrected chi connectivity index (χ4v) is 4.00. The molecule has 0 saturated heterocycles. The van der Waals surface area contributed by atoms with Crippen molar-refractivity contribution in [1.29, 1.82) is 5.26 Å². The van der Waals surface area contributed by atoms with Crippen molar-refractivity contribution in [2.75, 3.05) is 33.3 Å². The predicted molar refractivity (Wildman–Crippen MR) is 123 cm³/mol. The maximum absolute atomic E-state index is 13.2. The molecule has 0 saturated carbocycles. The second-order valence-corrected chi connectivity index (χ2v) is 7.20. The van der Waals surface area contributed by atoms with E-state index in [2.05, 4.69) is 6.07 Å². The van der Waals surface area contributed by atoms with Crippen molar-refractivity contribution in [2.24, 2.45) is 5.73 Å². The van der Waals surface area contributed by atoms with E-state index in [9.17, 15) is 14.9 Å². The van der Waals surface area contributed by atoms with Crippen molar-refractivity contribution in [3.8, 4) is 6.07 Å². The van der Waals surface area contributed by atoms with Crippen molar-refractivity contribution in [3.63, 3.8) is 0 Å². The lowest BCUT2D eigenvalue weighted by Gasteiger charge is -2.37. The minimum atomic E-state index is -0.947. The molecule has 0 amide bonds. The summed E-state index contributed by atoms with van der Waals surface area (Å²) in [5.74, 6) is -2.62. The highest BCUT2D eigenvalue weighted by Crippen LogP contribution is 2.44. The lowest BCUT2D eigenvalue weighted by Crippen LogP contribution is -2.41. The van der Waals surface area contributed by atoms with Crippen LogP contribution in [0.4, 0.5) is 5.69 Å². The molecule has 0 fully saturated rings. The van der Waals surface area contributed by atoms with E-state index in [1.165, 1.54) is 33.3 Å². The summed E-state index contributed by atoms with van der Waals surface area (Å²) in [5, 5.41) is 10.1. The maximum Gasteiger partial charge on any atom is 0.355 e. The molecule has 3 rings (SSSR count). The van der Waals surface area contributed by atoms with Gasteiger partial charge in [-0.3, -0.25) is 4.90 Å². The van der Waals surface area contributed by atoms with Gasteiger partial charge in [-0.2, -0.15) is 5.26 Å². The Morgan fingerprint density at radius 2 is 1.53 bits per heavy atom. The molecule has 1 aliphatic heterocycles. The van der Waals surface area contributed by atoms with Crippen molar-refractivity contribution < 1.29 is 28.5 Å². The summed E-state index contributed by atoms with van der Waals surface area (Å²) in [6.45, 7) is 0. The average Bonchev–Trinajstić information content (AvgIpc) is 2.88. The molecule has 0 radical (unpaired) electrons. The molecule has 34 heavy (non-hydrogen) atoms. The normalized spacial score (nSPS) is 15.9. The molecule has 2 aromatic rings. The quantitative estimate of drug-likeness (QED) is 0.487. The fourth-order valence-electron chi connectivity index (χ4n) is 4.00. The number of benzene rings is 2. The number of methoxy groups -OCH3 is 4. The van der Waals surface area contributed by atoms with E-state index >= 15 is 0 Å². The van der Waals surface area contributed by atoms with E-state index in [4.69, 9.17) is 24.7 Å². The Bertz CT molecular complexity index is 1180. The fraction of sp³-hybridized carbons (Fsp3) is 0.240. The number of esters is 2. The molecular formula is C25H25N3O6. The number of para-hydroxylation sites is 1. The summed E-state index contributed by atoms with van der Waals surface area (Å²) in [6, 6.07) is 17.8. The molecule has 1 aliphatic rings. The standard InChI is InChI=1S/C25H25N3O6/c1-31-23(29)20-19(15-10-6-5-7-11-15)17(14-26)22(27)28(21(20)24(30)32-2)18-13-9-8-12-16(18)25(33-3)34-4/h5-13,19,25H,27H2,1-4H3. The number of nitriles is 1. The Hall–Kier alpha value is -4.13. The van der Waals surface area contributed by atoms with Crippen LogP contribution in [0.15, 0.2) is 77.3 Å². The van der Waals surface area contributed by atoms with Crippen LogP contribution in [0.3, 0.4) is 0 Å². The number of allylic oxidation sites excluding steroid dienone is 1. The van der Waals surface area contributed by atoms with E-state index in [-0.39, 0.29) is 22.7 Å². The van der Waals surface area contributed by atoms with Crippen LogP contribution in [0.2, 0.25) is 0 Å². The van der Waals surface area contributed by atoms with Crippen LogP contribution >= 0.6 is 0 Å². The van der Waals surface area contributed by atoms with Crippen LogP contribution in [0, 0.1) is 11.3 Å². The van der Waals surface area contributed by atoms with Gasteiger partial charge in [-0.1, -0.05) is 48.5 Å². The van der Waals surface area contributed by atoms with Gasteiger partial charge in [0, 0.05) is 19.8 Å². The number of carbonyl (C=O) groups is 2. The summed E-state index contributed by atoms with van der Waals surface area (Å²) in [4.78, 5) is 27.6. The lowest BCUT2D eigenvalue weighted by molar-refractivity contribution is -0.139. The molecule has 176 valence electrons. The van der Waals surface area contributed by atoms with Crippen molar-refractivity contribution in [2.45, 2.75) is 12.2 Å². The summed E-state index contributed by atoms with van der Waals surface area (Å²) in [7, 11) is 5.32. The zero-order valence-electron chi connectivity index (χ0n) is 19.3. The topological polar surface area (TPSA) is 124 Å². The lowest BCUT2D eigenvalue weighted by atomic mass is 9.80. The molecule has 1 atom stereocenters. The second-order valence-electron chi connectivity index (χ2n) is 7.20. The van der Waals surface area contributed by atoms with Crippen LogP contribution in [0.1, 0.15) is 23.3 Å². The van der Waals surface area contributed by atoms with Crippen LogP contribution in [0.5, 0.6) is 0 Å². The van der Waals surface area contributed by atoms with Crippen LogP contribution in [-0.4, -0.2) is 40.4 Å². The van der Waals surface area contributed by atoms with Crippen LogP contribution < -0.4 is 10.6 Å². The number of nitrogens with two attached hydrogens (primary N) is 1. The van der Waals surface area contributed by atoms with Gasteiger partial charge in [0.15, 0.2) is 6.29 Å². The van der Waals surface area contributed by atoms with Crippen LogP contribution in [-0.2, 0) is 28.5 Å². The summed E-state index contributed by atoms with van der Waals surface area (Å²) >= 11 is 0.